The van der Waals surface area contributed by atoms with Crippen molar-refractivity contribution in [3.05, 3.63) is 126 Å². The summed E-state index contributed by atoms with van der Waals surface area (Å²) in [5.41, 5.74) is 7.75. The fourth-order valence-corrected chi connectivity index (χ4v) is 6.58. The number of allylic oxidation sites excluding steroid dienone is 1. The van der Waals surface area contributed by atoms with Crippen LogP contribution in [0, 0.1) is 0 Å². The number of carbonyl (C=O) groups excluding carboxylic acids is 1. The molecule has 0 radical (unpaired) electrons. The van der Waals surface area contributed by atoms with Gasteiger partial charge < -0.3 is 9.47 Å². The van der Waals surface area contributed by atoms with Gasteiger partial charge in [-0.05, 0) is 71.7 Å². The normalized spacial score (nSPS) is 16.1. The number of ether oxygens (including phenoxy) is 2. The summed E-state index contributed by atoms with van der Waals surface area (Å²) in [5, 5.41) is 0. The highest BCUT2D eigenvalue weighted by molar-refractivity contribution is 7.07. The van der Waals surface area contributed by atoms with E-state index in [0.717, 1.165) is 35.2 Å². The van der Waals surface area contributed by atoms with Gasteiger partial charge in [-0.2, -0.15) is 0 Å². The van der Waals surface area contributed by atoms with E-state index < -0.39 is 5.97 Å². The molecule has 0 spiro atoms. The van der Waals surface area contributed by atoms with E-state index in [9.17, 15) is 9.59 Å². The highest BCUT2D eigenvalue weighted by Gasteiger charge is 2.32. The number of aromatic nitrogens is 1. The first kappa shape index (κ1) is 27.0. The first-order valence-corrected chi connectivity index (χ1v) is 14.9. The molecule has 2 aliphatic rings. The summed E-state index contributed by atoms with van der Waals surface area (Å²) in [7, 11) is 0. The first-order chi connectivity index (χ1) is 19.9. The van der Waals surface area contributed by atoms with Gasteiger partial charge in [0.2, 0.25) is 0 Å². The van der Waals surface area contributed by atoms with Crippen LogP contribution in [0.15, 0.2) is 88.2 Å². The van der Waals surface area contributed by atoms with E-state index in [4.69, 9.17) is 14.5 Å². The molecule has 1 atom stereocenters. The number of hydrogen-bond donors (Lipinski definition) is 0. The monoisotopic (exact) mass is 564 g/mol. The van der Waals surface area contributed by atoms with Crippen LogP contribution < -0.4 is 19.6 Å². The topological polar surface area (TPSA) is 69.9 Å². The molecule has 6 rings (SSSR count). The lowest BCUT2D eigenvalue weighted by molar-refractivity contribution is -0.145. The zero-order chi connectivity index (χ0) is 28.5. The second-order valence-electron chi connectivity index (χ2n) is 10.6. The number of fused-ring (bicyclic) bond motifs is 3. The van der Waals surface area contributed by atoms with Crippen LogP contribution in [0.25, 0.3) is 11.8 Å². The summed E-state index contributed by atoms with van der Waals surface area (Å²) < 4.78 is 13.0. The van der Waals surface area contributed by atoms with E-state index >= 15 is 0 Å². The molecule has 1 unspecified atom stereocenters. The number of hydrogen-bond acceptors (Lipinski definition) is 6. The summed E-state index contributed by atoms with van der Waals surface area (Å²) in [6, 6.07) is 24.3. The number of rotatable bonds is 7. The van der Waals surface area contributed by atoms with Crippen LogP contribution in [0.4, 0.5) is 0 Å². The molecule has 1 aliphatic carbocycles. The molecule has 41 heavy (non-hydrogen) atoms. The molecule has 0 saturated heterocycles. The van der Waals surface area contributed by atoms with Gasteiger partial charge in [-0.1, -0.05) is 85.8 Å². The van der Waals surface area contributed by atoms with Gasteiger partial charge in [0.25, 0.3) is 5.56 Å². The fourth-order valence-electron chi connectivity index (χ4n) is 5.58. The van der Waals surface area contributed by atoms with Crippen LogP contribution >= 0.6 is 11.3 Å². The van der Waals surface area contributed by atoms with Gasteiger partial charge in [0, 0.05) is 5.56 Å². The maximum Gasteiger partial charge on any atom is 0.344 e. The van der Waals surface area contributed by atoms with Crippen LogP contribution in [0.2, 0.25) is 0 Å². The molecule has 0 saturated carbocycles. The third kappa shape index (κ3) is 5.30. The highest BCUT2D eigenvalue weighted by Crippen LogP contribution is 2.41. The molecule has 6 nitrogen and oxygen atoms in total. The third-order valence-corrected chi connectivity index (χ3v) is 8.59. The number of aryl methyl sites for hydroxylation is 1. The van der Waals surface area contributed by atoms with Crippen molar-refractivity contribution >= 4 is 29.1 Å². The van der Waals surface area contributed by atoms with Crippen molar-refractivity contribution in [2.75, 3.05) is 13.2 Å². The van der Waals surface area contributed by atoms with Crippen molar-refractivity contribution in [1.82, 2.24) is 4.57 Å². The van der Waals surface area contributed by atoms with E-state index in [1.165, 1.54) is 28.0 Å². The molecule has 4 aromatic rings. The molecule has 208 valence electrons. The van der Waals surface area contributed by atoms with E-state index in [-0.39, 0.29) is 18.2 Å². The fraction of sp³-hybridized carbons (Fsp3) is 0.265. The average Bonchev–Trinajstić information content (AvgIpc) is 3.29. The Morgan fingerprint density at radius 2 is 1.88 bits per heavy atom. The Morgan fingerprint density at radius 3 is 2.66 bits per heavy atom. The Kier molecular flexibility index (Phi) is 7.45. The minimum atomic E-state index is -0.418. The lowest BCUT2D eigenvalue weighted by atomic mass is 9.83. The molecular formula is C34H32N2O4S. The lowest BCUT2D eigenvalue weighted by Crippen LogP contribution is -2.38. The molecule has 2 heterocycles. The Balaban J connectivity index is 1.46. The minimum Gasteiger partial charge on any atom is -0.482 e. The molecule has 3 aromatic carbocycles. The Bertz CT molecular complexity index is 1830. The van der Waals surface area contributed by atoms with Crippen LogP contribution in [0.3, 0.4) is 0 Å². The van der Waals surface area contributed by atoms with Crippen LogP contribution in [-0.4, -0.2) is 23.8 Å². The van der Waals surface area contributed by atoms with Crippen molar-refractivity contribution < 1.29 is 14.3 Å². The molecule has 0 bridgehead atoms. The van der Waals surface area contributed by atoms with E-state index in [0.29, 0.717) is 27.6 Å². The standard InChI is InChI=1S/C34H32N2O4S/c1-4-39-30(37)20-40-26-10-7-8-22(18-26)19-29-33(38)36-32(25-14-12-23(13-15-25)21(2)3)28-17-16-24-9-5-6-11-27(24)31(28)35-34(36)41-29/h5-15,18-19,21,32H,4,16-17,20H2,1-3H3. The maximum absolute atomic E-state index is 14.0. The SMILES string of the molecule is CCOC(=O)COc1cccc(C=c2sc3n(c2=O)C(c2ccc(C(C)C)cc2)C2=C(N=3)c3ccccc3CC2)c1. The summed E-state index contributed by atoms with van der Waals surface area (Å²) in [4.78, 5) is 31.6. The molecule has 0 N–H and O–H groups in total. The lowest BCUT2D eigenvalue weighted by Gasteiger charge is -2.31. The zero-order valence-electron chi connectivity index (χ0n) is 23.4. The number of benzene rings is 3. The Morgan fingerprint density at radius 1 is 1.07 bits per heavy atom. The number of esters is 1. The molecule has 0 fully saturated rings. The van der Waals surface area contributed by atoms with Gasteiger partial charge in [-0.15, -0.1) is 0 Å². The van der Waals surface area contributed by atoms with Crippen molar-refractivity contribution in [3.63, 3.8) is 0 Å². The quantitative estimate of drug-likeness (QED) is 0.283. The number of thiazole rings is 1. The first-order valence-electron chi connectivity index (χ1n) is 14.0. The zero-order valence-corrected chi connectivity index (χ0v) is 24.2. The Hall–Kier alpha value is -4.23. The molecule has 1 aliphatic heterocycles. The maximum atomic E-state index is 14.0. The molecule has 1 aromatic heterocycles. The van der Waals surface area contributed by atoms with Crippen molar-refractivity contribution in [2.24, 2.45) is 4.99 Å². The van der Waals surface area contributed by atoms with Gasteiger partial charge in [0.15, 0.2) is 11.4 Å². The van der Waals surface area contributed by atoms with E-state index in [1.807, 2.05) is 28.8 Å². The number of nitrogens with zero attached hydrogens (tertiary/aromatic N) is 2. The molecule has 7 heteroatoms. The number of carbonyl (C=O) groups is 1. The van der Waals surface area contributed by atoms with Crippen LogP contribution in [-0.2, 0) is 16.0 Å². The molecule has 0 amide bonds. The van der Waals surface area contributed by atoms with Gasteiger partial charge in [-0.3, -0.25) is 9.36 Å². The second kappa shape index (κ2) is 11.3. The summed E-state index contributed by atoms with van der Waals surface area (Å²) in [6.45, 7) is 6.28. The van der Waals surface area contributed by atoms with Gasteiger partial charge in [-0.25, -0.2) is 9.79 Å². The van der Waals surface area contributed by atoms with E-state index in [1.54, 1.807) is 13.0 Å². The second-order valence-corrected chi connectivity index (χ2v) is 11.6. The predicted molar refractivity (Wildman–Crippen MR) is 162 cm³/mol. The van der Waals surface area contributed by atoms with Crippen molar-refractivity contribution in [1.29, 1.82) is 0 Å². The van der Waals surface area contributed by atoms with Gasteiger partial charge in [0.05, 0.1) is 22.9 Å². The summed E-state index contributed by atoms with van der Waals surface area (Å²) in [5.74, 6) is 0.548. The third-order valence-electron chi connectivity index (χ3n) is 7.61. The molecular weight excluding hydrogens is 532 g/mol. The van der Waals surface area contributed by atoms with Crippen molar-refractivity contribution in [2.45, 2.75) is 45.6 Å². The van der Waals surface area contributed by atoms with Crippen LogP contribution in [0.5, 0.6) is 5.75 Å². The van der Waals surface area contributed by atoms with Crippen LogP contribution in [0.1, 0.15) is 67.0 Å². The largest absolute Gasteiger partial charge is 0.482 e. The van der Waals surface area contributed by atoms with Gasteiger partial charge >= 0.3 is 5.97 Å². The average molecular weight is 565 g/mol. The Labute approximate surface area is 242 Å². The predicted octanol–water partition coefficient (Wildman–Crippen LogP) is 5.38. The summed E-state index contributed by atoms with van der Waals surface area (Å²) >= 11 is 1.40. The van der Waals surface area contributed by atoms with Gasteiger partial charge in [0.1, 0.15) is 5.75 Å². The van der Waals surface area contributed by atoms with Crippen molar-refractivity contribution in [3.8, 4) is 5.75 Å². The minimum absolute atomic E-state index is 0.0602. The summed E-state index contributed by atoms with van der Waals surface area (Å²) in [6.07, 6.45) is 3.65. The van der Waals surface area contributed by atoms with E-state index in [2.05, 4.69) is 62.4 Å². The smallest absolute Gasteiger partial charge is 0.344 e. The highest BCUT2D eigenvalue weighted by atomic mass is 32.1.